The Balaban J connectivity index is 1.75. The van der Waals surface area contributed by atoms with E-state index in [1.165, 1.54) is 19.2 Å². The van der Waals surface area contributed by atoms with Crippen LogP contribution in [0.2, 0.25) is 0 Å². The number of rotatable bonds is 6. The van der Waals surface area contributed by atoms with Crippen molar-refractivity contribution < 1.29 is 27.7 Å². The fourth-order valence-corrected chi connectivity index (χ4v) is 3.68. The van der Waals surface area contributed by atoms with Gasteiger partial charge in [-0.25, -0.2) is 8.42 Å². The average Bonchev–Trinajstić information content (AvgIpc) is 3.09. The Kier molecular flexibility index (Phi) is 4.85. The van der Waals surface area contributed by atoms with Crippen molar-refractivity contribution in [3.8, 4) is 17.2 Å². The third-order valence-electron chi connectivity index (χ3n) is 3.98. The maximum absolute atomic E-state index is 12.7. The minimum absolute atomic E-state index is 0.0743. The Hall–Kier alpha value is -2.29. The molecule has 0 radical (unpaired) electrons. The van der Waals surface area contributed by atoms with Gasteiger partial charge in [-0.2, -0.15) is 4.31 Å². The van der Waals surface area contributed by atoms with Crippen molar-refractivity contribution in [2.45, 2.75) is 11.0 Å². The molecule has 2 aromatic carbocycles. The third kappa shape index (κ3) is 3.55. The van der Waals surface area contributed by atoms with Crippen molar-refractivity contribution >= 4 is 10.0 Å². The SMILES string of the molecule is COc1ccc(C(O)CN(C)S(=O)(=O)c2ccc3c(c2)OCO3)cc1. The van der Waals surface area contributed by atoms with Crippen molar-refractivity contribution in [3.63, 3.8) is 0 Å². The van der Waals surface area contributed by atoms with E-state index < -0.39 is 16.1 Å². The van der Waals surface area contributed by atoms with Crippen LogP contribution in [0.5, 0.6) is 17.2 Å². The molecule has 3 rings (SSSR count). The Morgan fingerprint density at radius 3 is 2.52 bits per heavy atom. The van der Waals surface area contributed by atoms with Crippen LogP contribution in [0, 0.1) is 0 Å². The number of hydrogen-bond donors (Lipinski definition) is 1. The van der Waals surface area contributed by atoms with E-state index in [1.54, 1.807) is 37.4 Å². The molecule has 134 valence electrons. The van der Waals surface area contributed by atoms with E-state index in [-0.39, 0.29) is 18.2 Å². The number of fused-ring (bicyclic) bond motifs is 1. The molecular formula is C17H19NO6S. The number of aliphatic hydroxyl groups is 1. The molecule has 0 saturated heterocycles. The van der Waals surface area contributed by atoms with Gasteiger partial charge in [0.15, 0.2) is 11.5 Å². The second-order valence-electron chi connectivity index (χ2n) is 5.59. The van der Waals surface area contributed by atoms with Crippen LogP contribution in [0.15, 0.2) is 47.4 Å². The molecule has 1 N–H and O–H groups in total. The highest BCUT2D eigenvalue weighted by molar-refractivity contribution is 7.89. The van der Waals surface area contributed by atoms with Crippen LogP contribution < -0.4 is 14.2 Å². The molecule has 0 fully saturated rings. The summed E-state index contributed by atoms with van der Waals surface area (Å²) in [5, 5.41) is 10.3. The number of methoxy groups -OCH3 is 1. The number of benzene rings is 2. The lowest BCUT2D eigenvalue weighted by Gasteiger charge is -2.21. The van der Waals surface area contributed by atoms with Crippen LogP contribution in [-0.4, -0.2) is 45.3 Å². The largest absolute Gasteiger partial charge is 0.497 e. The van der Waals surface area contributed by atoms with Gasteiger partial charge in [-0.15, -0.1) is 0 Å². The molecule has 0 spiro atoms. The van der Waals surface area contributed by atoms with E-state index in [2.05, 4.69) is 0 Å². The maximum Gasteiger partial charge on any atom is 0.243 e. The predicted molar refractivity (Wildman–Crippen MR) is 90.3 cm³/mol. The van der Waals surface area contributed by atoms with E-state index >= 15 is 0 Å². The number of hydrogen-bond acceptors (Lipinski definition) is 6. The second kappa shape index (κ2) is 6.91. The lowest BCUT2D eigenvalue weighted by atomic mass is 10.1. The minimum Gasteiger partial charge on any atom is -0.497 e. The fourth-order valence-electron chi connectivity index (χ4n) is 2.49. The van der Waals surface area contributed by atoms with E-state index in [0.717, 1.165) is 4.31 Å². The molecule has 7 nitrogen and oxygen atoms in total. The Labute approximate surface area is 146 Å². The first-order chi connectivity index (χ1) is 11.9. The van der Waals surface area contributed by atoms with E-state index in [1.807, 2.05) is 0 Å². The third-order valence-corrected chi connectivity index (χ3v) is 5.80. The van der Waals surface area contributed by atoms with Gasteiger partial charge in [0.1, 0.15) is 5.75 Å². The van der Waals surface area contributed by atoms with Gasteiger partial charge < -0.3 is 19.3 Å². The predicted octanol–water partition coefficient (Wildman–Crippen LogP) is 1.78. The van der Waals surface area contributed by atoms with Crippen LogP contribution in [0.3, 0.4) is 0 Å². The molecule has 1 unspecified atom stereocenters. The van der Waals surface area contributed by atoms with Crippen LogP contribution in [0.25, 0.3) is 0 Å². The molecule has 0 aromatic heterocycles. The monoisotopic (exact) mass is 365 g/mol. The van der Waals surface area contributed by atoms with Crippen molar-refractivity contribution in [1.29, 1.82) is 0 Å². The summed E-state index contributed by atoms with van der Waals surface area (Å²) in [6, 6.07) is 11.3. The average molecular weight is 365 g/mol. The minimum atomic E-state index is -3.76. The zero-order chi connectivity index (χ0) is 18.0. The van der Waals surface area contributed by atoms with Gasteiger partial charge in [-0.3, -0.25) is 0 Å². The number of likely N-dealkylation sites (N-methyl/N-ethyl adjacent to an activating group) is 1. The Morgan fingerprint density at radius 1 is 1.16 bits per heavy atom. The number of aliphatic hydroxyl groups excluding tert-OH is 1. The quantitative estimate of drug-likeness (QED) is 0.840. The molecule has 1 aliphatic rings. The highest BCUT2D eigenvalue weighted by Gasteiger charge is 2.26. The van der Waals surface area contributed by atoms with E-state index in [9.17, 15) is 13.5 Å². The molecule has 25 heavy (non-hydrogen) atoms. The van der Waals surface area contributed by atoms with E-state index in [0.29, 0.717) is 22.8 Å². The zero-order valence-electron chi connectivity index (χ0n) is 13.9. The number of sulfonamides is 1. The van der Waals surface area contributed by atoms with Gasteiger partial charge >= 0.3 is 0 Å². The molecule has 0 amide bonds. The molecule has 2 aromatic rings. The Morgan fingerprint density at radius 2 is 1.84 bits per heavy atom. The fraction of sp³-hybridized carbons (Fsp3) is 0.294. The van der Waals surface area contributed by atoms with Crippen LogP contribution in [0.4, 0.5) is 0 Å². The molecule has 8 heteroatoms. The summed E-state index contributed by atoms with van der Waals surface area (Å²) in [6.45, 7) is -0.00599. The lowest BCUT2D eigenvalue weighted by molar-refractivity contribution is 0.155. The summed E-state index contributed by atoms with van der Waals surface area (Å²) in [7, 11) is -0.787. The Bertz CT molecular complexity index is 850. The molecule has 1 heterocycles. The van der Waals surface area contributed by atoms with Crippen LogP contribution in [0.1, 0.15) is 11.7 Å². The lowest BCUT2D eigenvalue weighted by Crippen LogP contribution is -2.31. The second-order valence-corrected chi connectivity index (χ2v) is 7.63. The van der Waals surface area contributed by atoms with Gasteiger partial charge in [-0.05, 0) is 29.8 Å². The molecular weight excluding hydrogens is 346 g/mol. The van der Waals surface area contributed by atoms with Gasteiger partial charge in [0.05, 0.1) is 18.1 Å². The summed E-state index contributed by atoms with van der Waals surface area (Å²) >= 11 is 0. The van der Waals surface area contributed by atoms with Crippen molar-refractivity contribution in [1.82, 2.24) is 4.31 Å². The van der Waals surface area contributed by atoms with Gasteiger partial charge in [0.2, 0.25) is 16.8 Å². The standard InChI is InChI=1S/C17H19NO6S/c1-18(10-15(19)12-3-5-13(22-2)6-4-12)25(20,21)14-7-8-16-17(9-14)24-11-23-16/h3-9,15,19H,10-11H2,1-2H3. The number of nitrogens with zero attached hydrogens (tertiary/aromatic N) is 1. The molecule has 0 saturated carbocycles. The van der Waals surface area contributed by atoms with Gasteiger partial charge in [0, 0.05) is 19.7 Å². The zero-order valence-corrected chi connectivity index (χ0v) is 14.7. The summed E-state index contributed by atoms with van der Waals surface area (Å²) in [4.78, 5) is 0.0844. The van der Waals surface area contributed by atoms with Crippen molar-refractivity contribution in [2.24, 2.45) is 0 Å². The van der Waals surface area contributed by atoms with Crippen molar-refractivity contribution in [3.05, 3.63) is 48.0 Å². The first kappa shape index (κ1) is 17.5. The highest BCUT2D eigenvalue weighted by atomic mass is 32.2. The molecule has 1 atom stereocenters. The first-order valence-electron chi connectivity index (χ1n) is 7.60. The smallest absolute Gasteiger partial charge is 0.243 e. The summed E-state index contributed by atoms with van der Waals surface area (Å²) in [6.07, 6.45) is -0.959. The normalized spacial score (nSPS) is 14.6. The number of ether oxygens (including phenoxy) is 3. The van der Waals surface area contributed by atoms with E-state index in [4.69, 9.17) is 14.2 Å². The van der Waals surface area contributed by atoms with Crippen molar-refractivity contribution in [2.75, 3.05) is 27.5 Å². The van der Waals surface area contributed by atoms with Crippen LogP contribution >= 0.6 is 0 Å². The van der Waals surface area contributed by atoms with Crippen LogP contribution in [-0.2, 0) is 10.0 Å². The highest BCUT2D eigenvalue weighted by Crippen LogP contribution is 2.34. The maximum atomic E-state index is 12.7. The summed E-state index contributed by atoms with van der Waals surface area (Å²) in [5.74, 6) is 1.57. The molecule has 0 bridgehead atoms. The van der Waals surface area contributed by atoms with Gasteiger partial charge in [0.25, 0.3) is 0 Å². The van der Waals surface area contributed by atoms with Gasteiger partial charge in [-0.1, -0.05) is 12.1 Å². The molecule has 1 aliphatic heterocycles. The topological polar surface area (TPSA) is 85.3 Å². The molecule has 0 aliphatic carbocycles. The summed E-state index contributed by atoms with van der Waals surface area (Å²) in [5.41, 5.74) is 0.605. The summed E-state index contributed by atoms with van der Waals surface area (Å²) < 4.78 is 42.0. The first-order valence-corrected chi connectivity index (χ1v) is 9.04.